The summed E-state index contributed by atoms with van der Waals surface area (Å²) < 4.78 is 32.5. The molecule has 29 heavy (non-hydrogen) atoms. The van der Waals surface area contributed by atoms with Crippen LogP contribution in [0.3, 0.4) is 0 Å². The van der Waals surface area contributed by atoms with E-state index in [-0.39, 0.29) is 23.7 Å². The van der Waals surface area contributed by atoms with Crippen LogP contribution in [0.15, 0.2) is 59.1 Å². The Balaban J connectivity index is 1.30. The van der Waals surface area contributed by atoms with Crippen molar-refractivity contribution in [1.29, 1.82) is 0 Å². The highest BCUT2D eigenvalue weighted by Crippen LogP contribution is 2.24. The smallest absolute Gasteiger partial charge is 0.223 e. The largest absolute Gasteiger partial charge is 0.441 e. The molecule has 0 atom stereocenters. The molecule has 1 aromatic heterocycles. The van der Waals surface area contributed by atoms with Crippen molar-refractivity contribution < 1.29 is 18.0 Å². The monoisotopic (exact) mass is 397 g/mol. The number of halogens is 2. The Morgan fingerprint density at radius 2 is 1.79 bits per heavy atom. The molecule has 0 spiro atoms. The van der Waals surface area contributed by atoms with Gasteiger partial charge in [-0.3, -0.25) is 4.79 Å². The van der Waals surface area contributed by atoms with Crippen molar-refractivity contribution in [3.05, 3.63) is 72.3 Å². The van der Waals surface area contributed by atoms with E-state index in [4.69, 9.17) is 4.42 Å². The van der Waals surface area contributed by atoms with Crippen molar-refractivity contribution in [2.75, 3.05) is 31.1 Å². The second-order valence-electron chi connectivity index (χ2n) is 6.95. The van der Waals surface area contributed by atoms with Crippen molar-refractivity contribution >= 4 is 11.6 Å². The minimum Gasteiger partial charge on any atom is -0.441 e. The number of nitrogens with zero attached hydrogens (tertiary/aromatic N) is 3. The van der Waals surface area contributed by atoms with Gasteiger partial charge in [0.05, 0.1) is 11.8 Å². The summed E-state index contributed by atoms with van der Waals surface area (Å²) in [6, 6.07) is 13.4. The van der Waals surface area contributed by atoms with Crippen LogP contribution in [0.25, 0.3) is 11.3 Å². The third-order valence-corrected chi connectivity index (χ3v) is 5.06. The zero-order valence-corrected chi connectivity index (χ0v) is 15.9. The Kier molecular flexibility index (Phi) is 5.55. The molecule has 0 radical (unpaired) electrons. The molecule has 150 valence electrons. The van der Waals surface area contributed by atoms with Crippen molar-refractivity contribution in [2.24, 2.45) is 0 Å². The summed E-state index contributed by atoms with van der Waals surface area (Å²) in [6.07, 6.45) is 2.01. The minimum absolute atomic E-state index is 0.0467. The maximum absolute atomic E-state index is 13.9. The number of aryl methyl sites for hydroxylation is 1. The Hall–Kier alpha value is -3.22. The zero-order chi connectivity index (χ0) is 20.2. The number of benzene rings is 2. The van der Waals surface area contributed by atoms with Crippen LogP contribution in [0.5, 0.6) is 0 Å². The average Bonchev–Trinajstić information content (AvgIpc) is 3.21. The van der Waals surface area contributed by atoms with Gasteiger partial charge in [0, 0.05) is 50.8 Å². The fourth-order valence-corrected chi connectivity index (χ4v) is 3.46. The lowest BCUT2D eigenvalue weighted by Crippen LogP contribution is -2.48. The van der Waals surface area contributed by atoms with E-state index in [0.717, 1.165) is 19.2 Å². The van der Waals surface area contributed by atoms with Gasteiger partial charge in [0.15, 0.2) is 11.7 Å². The lowest BCUT2D eigenvalue weighted by Gasteiger charge is -2.36. The van der Waals surface area contributed by atoms with Crippen LogP contribution >= 0.6 is 0 Å². The van der Waals surface area contributed by atoms with E-state index in [9.17, 15) is 13.6 Å². The number of piperazine rings is 1. The summed E-state index contributed by atoms with van der Waals surface area (Å²) in [5, 5.41) is 0. The van der Waals surface area contributed by atoms with E-state index in [1.54, 1.807) is 0 Å². The molecule has 2 aromatic carbocycles. The highest BCUT2D eigenvalue weighted by Gasteiger charge is 2.21. The minimum atomic E-state index is -0.708. The molecule has 7 heteroatoms. The standard InChI is InChI=1S/C22H21F2N3O2/c23-16-6-7-18(19(24)14-16)20-15-25-21(29-20)8-9-22(28)27-12-10-26(11-13-27)17-4-2-1-3-5-17/h1-7,14-15H,8-13H2. The van der Waals surface area contributed by atoms with Gasteiger partial charge in [-0.1, -0.05) is 18.2 Å². The number of amides is 1. The normalized spacial score (nSPS) is 14.3. The number of para-hydroxylation sites is 1. The van der Waals surface area contributed by atoms with E-state index in [1.165, 1.54) is 24.0 Å². The van der Waals surface area contributed by atoms with E-state index < -0.39 is 11.6 Å². The van der Waals surface area contributed by atoms with Crippen molar-refractivity contribution in [1.82, 2.24) is 9.88 Å². The molecular weight excluding hydrogens is 376 g/mol. The number of hydrogen-bond donors (Lipinski definition) is 0. The molecule has 0 bridgehead atoms. The Morgan fingerprint density at radius 3 is 2.52 bits per heavy atom. The van der Waals surface area contributed by atoms with Gasteiger partial charge in [0.25, 0.3) is 0 Å². The third kappa shape index (κ3) is 4.45. The second kappa shape index (κ2) is 8.43. The molecule has 2 heterocycles. The summed E-state index contributed by atoms with van der Waals surface area (Å²) in [5.74, 6) is -0.726. The molecule has 1 aliphatic heterocycles. The van der Waals surface area contributed by atoms with Crippen LogP contribution in [0, 0.1) is 11.6 Å². The fourth-order valence-electron chi connectivity index (χ4n) is 3.46. The van der Waals surface area contributed by atoms with Crippen molar-refractivity contribution in [3.63, 3.8) is 0 Å². The predicted octanol–water partition coefficient (Wildman–Crippen LogP) is 3.90. The Morgan fingerprint density at radius 1 is 1.03 bits per heavy atom. The highest BCUT2D eigenvalue weighted by atomic mass is 19.1. The van der Waals surface area contributed by atoms with Gasteiger partial charge >= 0.3 is 0 Å². The molecule has 0 aliphatic carbocycles. The van der Waals surface area contributed by atoms with E-state index in [2.05, 4.69) is 22.0 Å². The molecule has 0 N–H and O–H groups in total. The first kappa shape index (κ1) is 19.1. The van der Waals surface area contributed by atoms with Gasteiger partial charge in [-0.2, -0.15) is 0 Å². The van der Waals surface area contributed by atoms with Crippen LogP contribution in [-0.4, -0.2) is 42.0 Å². The highest BCUT2D eigenvalue weighted by molar-refractivity contribution is 5.76. The summed E-state index contributed by atoms with van der Waals surface area (Å²) in [4.78, 5) is 20.8. The van der Waals surface area contributed by atoms with Crippen LogP contribution in [0.4, 0.5) is 14.5 Å². The molecule has 5 nitrogen and oxygen atoms in total. The first-order chi connectivity index (χ1) is 14.1. The maximum Gasteiger partial charge on any atom is 0.223 e. The van der Waals surface area contributed by atoms with E-state index in [1.807, 2.05) is 23.1 Å². The topological polar surface area (TPSA) is 49.6 Å². The number of carbonyl (C=O) groups is 1. The lowest BCUT2D eigenvalue weighted by atomic mass is 10.2. The zero-order valence-electron chi connectivity index (χ0n) is 15.9. The molecule has 4 rings (SSSR count). The fraction of sp³-hybridized carbons (Fsp3) is 0.273. The van der Waals surface area contributed by atoms with Gasteiger partial charge in [-0.05, 0) is 24.3 Å². The Labute approximate surface area is 167 Å². The summed E-state index contributed by atoms with van der Waals surface area (Å²) in [5.41, 5.74) is 1.31. The Bertz CT molecular complexity index is 983. The number of anilines is 1. The van der Waals surface area contributed by atoms with E-state index >= 15 is 0 Å². The predicted molar refractivity (Wildman–Crippen MR) is 105 cm³/mol. The third-order valence-electron chi connectivity index (χ3n) is 5.06. The molecule has 1 amide bonds. The summed E-state index contributed by atoms with van der Waals surface area (Å²) in [7, 11) is 0. The summed E-state index contributed by atoms with van der Waals surface area (Å²) >= 11 is 0. The van der Waals surface area contributed by atoms with Gasteiger partial charge in [0.1, 0.15) is 11.6 Å². The first-order valence-electron chi connectivity index (χ1n) is 9.58. The molecule has 3 aromatic rings. The van der Waals surface area contributed by atoms with Crippen LogP contribution < -0.4 is 4.90 Å². The molecular formula is C22H21F2N3O2. The molecule has 0 saturated carbocycles. The molecule has 1 saturated heterocycles. The van der Waals surface area contributed by atoms with Gasteiger partial charge in [0.2, 0.25) is 5.91 Å². The van der Waals surface area contributed by atoms with Gasteiger partial charge < -0.3 is 14.2 Å². The van der Waals surface area contributed by atoms with E-state index in [0.29, 0.717) is 25.4 Å². The lowest BCUT2D eigenvalue weighted by molar-refractivity contribution is -0.131. The van der Waals surface area contributed by atoms with Crippen LogP contribution in [0.1, 0.15) is 12.3 Å². The number of oxazole rings is 1. The van der Waals surface area contributed by atoms with Crippen LogP contribution in [-0.2, 0) is 11.2 Å². The van der Waals surface area contributed by atoms with Gasteiger partial charge in [-0.15, -0.1) is 0 Å². The summed E-state index contributed by atoms with van der Waals surface area (Å²) in [6.45, 7) is 2.93. The SMILES string of the molecule is O=C(CCc1ncc(-c2ccc(F)cc2F)o1)N1CCN(c2ccccc2)CC1. The van der Waals surface area contributed by atoms with Crippen molar-refractivity contribution in [3.8, 4) is 11.3 Å². The second-order valence-corrected chi connectivity index (χ2v) is 6.95. The first-order valence-corrected chi connectivity index (χ1v) is 9.58. The quantitative estimate of drug-likeness (QED) is 0.655. The molecule has 0 unspecified atom stereocenters. The number of hydrogen-bond acceptors (Lipinski definition) is 4. The maximum atomic E-state index is 13.9. The number of aromatic nitrogens is 1. The average molecular weight is 397 g/mol. The molecule has 1 fully saturated rings. The van der Waals surface area contributed by atoms with Gasteiger partial charge in [-0.25, -0.2) is 13.8 Å². The number of carbonyl (C=O) groups excluding carboxylic acids is 1. The van der Waals surface area contributed by atoms with Crippen LogP contribution in [0.2, 0.25) is 0 Å². The van der Waals surface area contributed by atoms with Crippen molar-refractivity contribution in [2.45, 2.75) is 12.8 Å². The number of rotatable bonds is 5. The molecule has 1 aliphatic rings.